The fourth-order valence-electron chi connectivity index (χ4n) is 4.31. The molecule has 0 unspecified atom stereocenters. The van der Waals surface area contributed by atoms with Gasteiger partial charge >= 0.3 is 0 Å². The summed E-state index contributed by atoms with van der Waals surface area (Å²) in [6.45, 7) is 8.60. The van der Waals surface area contributed by atoms with Gasteiger partial charge in [-0.1, -0.05) is 11.6 Å². The van der Waals surface area contributed by atoms with E-state index < -0.39 is 11.7 Å². The first-order valence-corrected chi connectivity index (χ1v) is 11.0. The van der Waals surface area contributed by atoms with Crippen LogP contribution in [0.5, 0.6) is 5.75 Å². The van der Waals surface area contributed by atoms with E-state index in [1.807, 2.05) is 50.2 Å². The smallest absolute Gasteiger partial charge is 0.132 e. The molecule has 1 saturated heterocycles. The van der Waals surface area contributed by atoms with E-state index in [1.165, 1.54) is 0 Å². The summed E-state index contributed by atoms with van der Waals surface area (Å²) in [5.41, 5.74) is 1.55. The Labute approximate surface area is 200 Å². The summed E-state index contributed by atoms with van der Waals surface area (Å²) in [6.07, 6.45) is -0.797. The van der Waals surface area contributed by atoms with Crippen molar-refractivity contribution >= 4 is 29.7 Å². The average Bonchev–Trinajstić information content (AvgIpc) is 2.77. The number of rotatable bonds is 5. The van der Waals surface area contributed by atoms with Crippen molar-refractivity contribution in [2.24, 2.45) is 0 Å². The molecule has 2 aliphatic rings. The van der Waals surface area contributed by atoms with Crippen molar-refractivity contribution in [2.45, 2.75) is 31.6 Å². The summed E-state index contributed by atoms with van der Waals surface area (Å²) >= 11 is 6.15. The summed E-state index contributed by atoms with van der Waals surface area (Å²) in [4.78, 5) is 4.58. The number of fused-ring (bicyclic) bond motifs is 1. The van der Waals surface area contributed by atoms with Crippen LogP contribution in [0.2, 0.25) is 5.02 Å². The minimum Gasteiger partial charge on any atom is -0.485 e. The van der Waals surface area contributed by atoms with E-state index in [-0.39, 0.29) is 18.4 Å². The summed E-state index contributed by atoms with van der Waals surface area (Å²) < 4.78 is 11.6. The number of aliphatic hydroxyl groups is 1. The van der Waals surface area contributed by atoms with Crippen LogP contribution in [-0.2, 0) is 4.74 Å². The van der Waals surface area contributed by atoms with Crippen LogP contribution >= 0.6 is 24.0 Å². The van der Waals surface area contributed by atoms with Gasteiger partial charge in [0.2, 0.25) is 0 Å². The highest BCUT2D eigenvalue weighted by molar-refractivity contribution is 6.30. The number of nitriles is 1. The zero-order valence-corrected chi connectivity index (χ0v) is 19.9. The second-order valence-electron chi connectivity index (χ2n) is 8.58. The SMILES string of the molecule is CC1(C)Oc2ccc(C#N)cc2[C@H](N(CCN2CCOCC2)c2ccc(Cl)cc2)[C@H]1O.Cl. The topological polar surface area (TPSA) is 69.0 Å². The molecule has 8 heteroatoms. The van der Waals surface area contributed by atoms with Gasteiger partial charge in [-0.3, -0.25) is 4.90 Å². The molecular formula is C24H29Cl2N3O3. The van der Waals surface area contributed by atoms with Crippen molar-refractivity contribution in [3.8, 4) is 11.8 Å². The van der Waals surface area contributed by atoms with Gasteiger partial charge in [-0.15, -0.1) is 12.4 Å². The van der Waals surface area contributed by atoms with E-state index in [0.717, 1.165) is 44.1 Å². The Morgan fingerprint density at radius 2 is 1.88 bits per heavy atom. The number of anilines is 1. The maximum atomic E-state index is 11.4. The maximum Gasteiger partial charge on any atom is 0.132 e. The Kier molecular flexibility index (Phi) is 7.92. The Morgan fingerprint density at radius 1 is 1.19 bits per heavy atom. The van der Waals surface area contributed by atoms with E-state index in [2.05, 4.69) is 15.9 Å². The second kappa shape index (κ2) is 10.3. The van der Waals surface area contributed by atoms with Crippen molar-refractivity contribution in [1.29, 1.82) is 5.26 Å². The van der Waals surface area contributed by atoms with Crippen molar-refractivity contribution in [3.05, 3.63) is 58.6 Å². The van der Waals surface area contributed by atoms with Gasteiger partial charge in [-0.25, -0.2) is 0 Å². The summed E-state index contributed by atoms with van der Waals surface area (Å²) in [6, 6.07) is 14.9. The predicted octanol–water partition coefficient (Wildman–Crippen LogP) is 4.05. The van der Waals surface area contributed by atoms with Gasteiger partial charge in [0.15, 0.2) is 0 Å². The normalized spacial score (nSPS) is 22.1. The lowest BCUT2D eigenvalue weighted by Crippen LogP contribution is -2.55. The maximum absolute atomic E-state index is 11.4. The van der Waals surface area contributed by atoms with Crippen LogP contribution in [0, 0.1) is 11.3 Å². The highest BCUT2D eigenvalue weighted by Crippen LogP contribution is 2.44. The van der Waals surface area contributed by atoms with Crippen LogP contribution in [-0.4, -0.2) is 61.1 Å². The molecule has 0 amide bonds. The molecule has 172 valence electrons. The lowest BCUT2D eigenvalue weighted by Gasteiger charge is -2.47. The minimum atomic E-state index is -0.797. The van der Waals surface area contributed by atoms with Gasteiger partial charge in [0.05, 0.1) is 30.9 Å². The molecule has 2 aromatic carbocycles. The molecule has 0 spiro atoms. The van der Waals surface area contributed by atoms with Crippen LogP contribution in [0.3, 0.4) is 0 Å². The quantitative estimate of drug-likeness (QED) is 0.700. The van der Waals surface area contributed by atoms with Gasteiger partial charge in [-0.05, 0) is 56.3 Å². The molecule has 0 aliphatic carbocycles. The lowest BCUT2D eigenvalue weighted by molar-refractivity contribution is -0.0591. The van der Waals surface area contributed by atoms with Crippen LogP contribution in [0.1, 0.15) is 31.0 Å². The summed E-state index contributed by atoms with van der Waals surface area (Å²) in [5, 5.41) is 21.5. The molecular weight excluding hydrogens is 449 g/mol. The average molecular weight is 478 g/mol. The molecule has 2 heterocycles. The number of benzene rings is 2. The zero-order valence-electron chi connectivity index (χ0n) is 18.3. The monoisotopic (exact) mass is 477 g/mol. The number of hydrogen-bond acceptors (Lipinski definition) is 6. The molecule has 2 atom stereocenters. The van der Waals surface area contributed by atoms with E-state index in [1.54, 1.807) is 6.07 Å². The molecule has 0 saturated carbocycles. The fraction of sp³-hybridized carbons (Fsp3) is 0.458. The minimum absolute atomic E-state index is 0. The van der Waals surface area contributed by atoms with E-state index in [0.29, 0.717) is 22.9 Å². The van der Waals surface area contributed by atoms with Crippen LogP contribution < -0.4 is 9.64 Å². The third kappa shape index (κ3) is 5.14. The van der Waals surface area contributed by atoms with E-state index in [9.17, 15) is 10.4 Å². The summed E-state index contributed by atoms with van der Waals surface area (Å²) in [7, 11) is 0. The molecule has 1 fully saturated rings. The molecule has 0 radical (unpaired) electrons. The first kappa shape index (κ1) is 24.6. The first-order chi connectivity index (χ1) is 14.9. The molecule has 6 nitrogen and oxygen atoms in total. The molecule has 32 heavy (non-hydrogen) atoms. The molecule has 2 aromatic rings. The zero-order chi connectivity index (χ0) is 22.0. The number of morpholine rings is 1. The second-order valence-corrected chi connectivity index (χ2v) is 9.02. The van der Waals surface area contributed by atoms with Crippen LogP contribution in [0.4, 0.5) is 5.69 Å². The highest BCUT2D eigenvalue weighted by Gasteiger charge is 2.45. The fourth-order valence-corrected chi connectivity index (χ4v) is 4.44. The number of halogens is 2. The van der Waals surface area contributed by atoms with Crippen molar-refractivity contribution in [2.75, 3.05) is 44.3 Å². The predicted molar refractivity (Wildman–Crippen MR) is 128 cm³/mol. The van der Waals surface area contributed by atoms with Crippen molar-refractivity contribution in [3.63, 3.8) is 0 Å². The number of nitrogens with zero attached hydrogens (tertiary/aromatic N) is 3. The van der Waals surface area contributed by atoms with Gasteiger partial charge < -0.3 is 19.5 Å². The Bertz CT molecular complexity index is 956. The number of hydrogen-bond donors (Lipinski definition) is 1. The standard InChI is InChI=1S/C24H28ClN3O3.ClH/c1-24(2)23(29)22(20-15-17(16-26)3-8-21(20)31-24)28(19-6-4-18(25)5-7-19)10-9-27-11-13-30-14-12-27;/h3-8,15,22-23,29H,9-14H2,1-2H3;1H/t22-,23+;/m0./s1. The third-order valence-electron chi connectivity index (χ3n) is 6.10. The molecule has 2 aliphatic heterocycles. The van der Waals surface area contributed by atoms with Gasteiger partial charge in [-0.2, -0.15) is 5.26 Å². The molecule has 0 bridgehead atoms. The Morgan fingerprint density at radius 3 is 2.53 bits per heavy atom. The van der Waals surface area contributed by atoms with Crippen molar-refractivity contribution in [1.82, 2.24) is 4.90 Å². The largest absolute Gasteiger partial charge is 0.485 e. The first-order valence-electron chi connectivity index (χ1n) is 10.6. The third-order valence-corrected chi connectivity index (χ3v) is 6.35. The Balaban J connectivity index is 0.00000289. The number of ether oxygens (including phenoxy) is 2. The van der Waals surface area contributed by atoms with Gasteiger partial charge in [0.1, 0.15) is 17.5 Å². The molecule has 1 N–H and O–H groups in total. The highest BCUT2D eigenvalue weighted by atomic mass is 35.5. The Hall–Kier alpha value is -2.01. The van der Waals surface area contributed by atoms with Crippen molar-refractivity contribution < 1.29 is 14.6 Å². The van der Waals surface area contributed by atoms with E-state index >= 15 is 0 Å². The molecule has 4 rings (SSSR count). The lowest BCUT2D eigenvalue weighted by atomic mass is 9.84. The van der Waals surface area contributed by atoms with Crippen LogP contribution in [0.15, 0.2) is 42.5 Å². The van der Waals surface area contributed by atoms with Gasteiger partial charge in [0, 0.05) is 42.5 Å². The number of aliphatic hydroxyl groups excluding tert-OH is 1. The molecule has 0 aromatic heterocycles. The summed E-state index contributed by atoms with van der Waals surface area (Å²) in [5.74, 6) is 0.699. The van der Waals surface area contributed by atoms with Gasteiger partial charge in [0.25, 0.3) is 0 Å². The van der Waals surface area contributed by atoms with Crippen LogP contribution in [0.25, 0.3) is 0 Å². The van der Waals surface area contributed by atoms with E-state index in [4.69, 9.17) is 21.1 Å².